The number of anilines is 1. The van der Waals surface area contributed by atoms with Crippen LogP contribution in [0.3, 0.4) is 0 Å². The molecule has 0 saturated carbocycles. The fourth-order valence-corrected chi connectivity index (χ4v) is 2.78. The van der Waals surface area contributed by atoms with E-state index >= 15 is 0 Å². The first kappa shape index (κ1) is 15.7. The first-order valence-corrected chi connectivity index (χ1v) is 7.96. The van der Waals surface area contributed by atoms with E-state index in [-0.39, 0.29) is 5.91 Å². The van der Waals surface area contributed by atoms with E-state index < -0.39 is 0 Å². The molecule has 2 aromatic rings. The summed E-state index contributed by atoms with van der Waals surface area (Å²) in [6, 6.07) is 17.6. The van der Waals surface area contributed by atoms with Gasteiger partial charge in [0.1, 0.15) is 0 Å². The largest absolute Gasteiger partial charge is 0.379 e. The lowest BCUT2D eigenvalue weighted by atomic mass is 10.1. The van der Waals surface area contributed by atoms with Gasteiger partial charge in [-0.15, -0.1) is 0 Å². The van der Waals surface area contributed by atoms with Gasteiger partial charge < -0.3 is 9.64 Å². The van der Waals surface area contributed by atoms with E-state index in [1.807, 2.05) is 55.6 Å². The van der Waals surface area contributed by atoms with Crippen molar-refractivity contribution in [1.29, 1.82) is 0 Å². The van der Waals surface area contributed by atoms with Crippen LogP contribution in [0.25, 0.3) is 0 Å². The topological polar surface area (TPSA) is 32.8 Å². The molecule has 1 amide bonds. The van der Waals surface area contributed by atoms with Gasteiger partial charge in [0.05, 0.1) is 13.2 Å². The van der Waals surface area contributed by atoms with Crippen LogP contribution in [0.5, 0.6) is 0 Å². The van der Waals surface area contributed by atoms with Crippen LogP contribution in [0.4, 0.5) is 5.69 Å². The Morgan fingerprint density at radius 3 is 2.57 bits per heavy atom. The quantitative estimate of drug-likeness (QED) is 0.870. The third-order valence-corrected chi connectivity index (χ3v) is 4.13. The molecule has 1 heterocycles. The molecule has 0 unspecified atom stereocenters. The second-order valence-corrected chi connectivity index (χ2v) is 5.79. The van der Waals surface area contributed by atoms with Crippen LogP contribution >= 0.6 is 0 Å². The molecule has 1 aliphatic rings. The molecule has 120 valence electrons. The number of hydrogen-bond acceptors (Lipinski definition) is 3. The molecule has 0 spiro atoms. The Hall–Kier alpha value is -2.17. The predicted octanol–water partition coefficient (Wildman–Crippen LogP) is 2.80. The molecule has 1 aliphatic heterocycles. The Morgan fingerprint density at radius 1 is 1.09 bits per heavy atom. The lowest BCUT2D eigenvalue weighted by Gasteiger charge is -2.26. The Bertz CT molecular complexity index is 651. The lowest BCUT2D eigenvalue weighted by molar-refractivity contribution is 0.0342. The summed E-state index contributed by atoms with van der Waals surface area (Å²) >= 11 is 0. The molecule has 1 saturated heterocycles. The first-order chi connectivity index (χ1) is 11.2. The van der Waals surface area contributed by atoms with E-state index in [2.05, 4.69) is 11.0 Å². The molecule has 1 fully saturated rings. The normalized spacial score (nSPS) is 15.3. The third kappa shape index (κ3) is 3.97. The van der Waals surface area contributed by atoms with Gasteiger partial charge in [-0.05, 0) is 29.8 Å². The molecule has 4 heteroatoms. The molecule has 0 aliphatic carbocycles. The van der Waals surface area contributed by atoms with Gasteiger partial charge >= 0.3 is 0 Å². The first-order valence-electron chi connectivity index (χ1n) is 7.96. The number of ether oxygens (including phenoxy) is 1. The van der Waals surface area contributed by atoms with Crippen molar-refractivity contribution in [3.05, 3.63) is 65.7 Å². The van der Waals surface area contributed by atoms with Crippen molar-refractivity contribution in [2.75, 3.05) is 38.3 Å². The van der Waals surface area contributed by atoms with E-state index in [1.165, 1.54) is 5.56 Å². The molecule has 0 aromatic heterocycles. The van der Waals surface area contributed by atoms with Crippen LogP contribution in [-0.2, 0) is 11.3 Å². The monoisotopic (exact) mass is 310 g/mol. The second kappa shape index (κ2) is 7.40. The number of rotatable bonds is 4. The number of para-hydroxylation sites is 1. The van der Waals surface area contributed by atoms with Crippen molar-refractivity contribution in [3.8, 4) is 0 Å². The predicted molar refractivity (Wildman–Crippen MR) is 91.7 cm³/mol. The molecule has 0 bridgehead atoms. The summed E-state index contributed by atoms with van der Waals surface area (Å²) in [6.07, 6.45) is 0. The van der Waals surface area contributed by atoms with Gasteiger partial charge in [-0.3, -0.25) is 9.69 Å². The zero-order valence-corrected chi connectivity index (χ0v) is 13.4. The zero-order chi connectivity index (χ0) is 16.1. The van der Waals surface area contributed by atoms with E-state index in [0.717, 1.165) is 44.1 Å². The van der Waals surface area contributed by atoms with E-state index in [9.17, 15) is 4.79 Å². The van der Waals surface area contributed by atoms with Crippen molar-refractivity contribution in [3.63, 3.8) is 0 Å². The van der Waals surface area contributed by atoms with Crippen LogP contribution in [-0.4, -0.2) is 44.2 Å². The summed E-state index contributed by atoms with van der Waals surface area (Å²) in [5.74, 6) is 0.0139. The number of morpholine rings is 1. The van der Waals surface area contributed by atoms with Crippen LogP contribution in [0, 0.1) is 0 Å². The number of amides is 1. The van der Waals surface area contributed by atoms with Gasteiger partial charge in [-0.25, -0.2) is 0 Å². The minimum Gasteiger partial charge on any atom is -0.379 e. The Morgan fingerprint density at radius 2 is 1.83 bits per heavy atom. The minimum absolute atomic E-state index is 0.0139. The molecular weight excluding hydrogens is 288 g/mol. The highest BCUT2D eigenvalue weighted by Gasteiger charge is 2.15. The summed E-state index contributed by atoms with van der Waals surface area (Å²) < 4.78 is 5.38. The van der Waals surface area contributed by atoms with Crippen LogP contribution in [0.2, 0.25) is 0 Å². The van der Waals surface area contributed by atoms with Crippen molar-refractivity contribution >= 4 is 11.6 Å². The molecule has 0 radical (unpaired) electrons. The number of nitrogens with zero attached hydrogens (tertiary/aromatic N) is 2. The third-order valence-electron chi connectivity index (χ3n) is 4.13. The van der Waals surface area contributed by atoms with Crippen LogP contribution in [0.1, 0.15) is 15.9 Å². The molecule has 23 heavy (non-hydrogen) atoms. The molecular formula is C19H22N2O2. The zero-order valence-electron chi connectivity index (χ0n) is 13.4. The molecule has 2 aromatic carbocycles. The fraction of sp³-hybridized carbons (Fsp3) is 0.316. The average molecular weight is 310 g/mol. The van der Waals surface area contributed by atoms with Crippen molar-refractivity contribution in [1.82, 2.24) is 4.90 Å². The highest BCUT2D eigenvalue weighted by molar-refractivity contribution is 6.05. The smallest absolute Gasteiger partial charge is 0.258 e. The maximum atomic E-state index is 12.7. The number of carbonyl (C=O) groups is 1. The van der Waals surface area contributed by atoms with E-state index in [0.29, 0.717) is 0 Å². The van der Waals surface area contributed by atoms with Gasteiger partial charge in [-0.1, -0.05) is 30.3 Å². The SMILES string of the molecule is CN(C(=O)c1cccc(CN2CCOCC2)c1)c1ccccc1. The Labute approximate surface area is 137 Å². The van der Waals surface area contributed by atoms with Gasteiger partial charge in [0.15, 0.2) is 0 Å². The summed E-state index contributed by atoms with van der Waals surface area (Å²) in [5, 5.41) is 0. The fourth-order valence-electron chi connectivity index (χ4n) is 2.78. The summed E-state index contributed by atoms with van der Waals surface area (Å²) in [6.45, 7) is 4.33. The standard InChI is InChI=1S/C19H22N2O2/c1-20(18-8-3-2-4-9-18)19(22)17-7-5-6-16(14-17)15-21-10-12-23-13-11-21/h2-9,14H,10-13,15H2,1H3. The van der Waals surface area contributed by atoms with E-state index in [1.54, 1.807) is 4.90 Å². The van der Waals surface area contributed by atoms with Gasteiger partial charge in [0.25, 0.3) is 5.91 Å². The molecule has 4 nitrogen and oxygen atoms in total. The maximum Gasteiger partial charge on any atom is 0.258 e. The maximum absolute atomic E-state index is 12.7. The highest BCUT2D eigenvalue weighted by Crippen LogP contribution is 2.16. The Kier molecular flexibility index (Phi) is 5.05. The molecule has 3 rings (SSSR count). The van der Waals surface area contributed by atoms with E-state index in [4.69, 9.17) is 4.74 Å². The second-order valence-electron chi connectivity index (χ2n) is 5.79. The molecule has 0 N–H and O–H groups in total. The summed E-state index contributed by atoms with van der Waals surface area (Å²) in [7, 11) is 1.81. The average Bonchev–Trinajstić information content (AvgIpc) is 2.62. The van der Waals surface area contributed by atoms with Crippen molar-refractivity contribution < 1.29 is 9.53 Å². The summed E-state index contributed by atoms with van der Waals surface area (Å²) in [4.78, 5) is 16.7. The van der Waals surface area contributed by atoms with Crippen molar-refractivity contribution in [2.24, 2.45) is 0 Å². The number of benzene rings is 2. The Balaban J connectivity index is 1.72. The van der Waals surface area contributed by atoms with Gasteiger partial charge in [0.2, 0.25) is 0 Å². The van der Waals surface area contributed by atoms with Crippen molar-refractivity contribution in [2.45, 2.75) is 6.54 Å². The van der Waals surface area contributed by atoms with Crippen LogP contribution in [0.15, 0.2) is 54.6 Å². The van der Waals surface area contributed by atoms with Crippen LogP contribution < -0.4 is 4.90 Å². The minimum atomic E-state index is 0.0139. The molecule has 0 atom stereocenters. The summed E-state index contributed by atoms with van der Waals surface area (Å²) in [5.41, 5.74) is 2.79. The number of hydrogen-bond donors (Lipinski definition) is 0. The van der Waals surface area contributed by atoms with Gasteiger partial charge in [-0.2, -0.15) is 0 Å². The lowest BCUT2D eigenvalue weighted by Crippen LogP contribution is -2.35. The van der Waals surface area contributed by atoms with Gasteiger partial charge in [0, 0.05) is 37.9 Å². The number of carbonyl (C=O) groups excluding carboxylic acids is 1. The highest BCUT2D eigenvalue weighted by atomic mass is 16.5.